The molecule has 0 spiro atoms. The van der Waals surface area contributed by atoms with Gasteiger partial charge in [0, 0.05) is 13.0 Å². The molecule has 0 unspecified atom stereocenters. The molecule has 0 aromatic rings. The molecule has 0 aromatic carbocycles. The van der Waals surface area contributed by atoms with Crippen LogP contribution in [0.3, 0.4) is 0 Å². The van der Waals surface area contributed by atoms with Crippen LogP contribution < -0.4 is 5.73 Å². The van der Waals surface area contributed by atoms with Crippen molar-refractivity contribution < 1.29 is 29.7 Å². The number of amides is 1. The van der Waals surface area contributed by atoms with E-state index in [-0.39, 0.29) is 13.0 Å². The molecule has 1 rings (SSSR count). The first-order valence-electron chi connectivity index (χ1n) is 5.01. The van der Waals surface area contributed by atoms with Crippen molar-refractivity contribution in [1.29, 1.82) is 0 Å². The number of hydrogen-bond acceptors (Lipinski definition) is 5. The van der Waals surface area contributed by atoms with E-state index in [4.69, 9.17) is 15.9 Å². The topological polar surface area (TPSA) is 141 Å². The number of aliphatic hydroxyl groups excluding tert-OH is 1. The highest BCUT2D eigenvalue weighted by Crippen LogP contribution is 2.19. The van der Waals surface area contributed by atoms with Crippen LogP contribution in [0.25, 0.3) is 0 Å². The van der Waals surface area contributed by atoms with Gasteiger partial charge in [0.15, 0.2) is 0 Å². The molecule has 1 saturated heterocycles. The third-order valence-corrected chi connectivity index (χ3v) is 2.56. The van der Waals surface area contributed by atoms with E-state index in [1.807, 2.05) is 0 Å². The summed E-state index contributed by atoms with van der Waals surface area (Å²) in [6.07, 6.45) is -1.56. The summed E-state index contributed by atoms with van der Waals surface area (Å²) in [5, 5.41) is 26.7. The van der Waals surface area contributed by atoms with Crippen molar-refractivity contribution >= 4 is 17.8 Å². The Bertz CT molecular complexity index is 344. The Balaban J connectivity index is 2.73. The molecule has 0 radical (unpaired) electrons. The molecule has 3 atom stereocenters. The Hall–Kier alpha value is -1.67. The second kappa shape index (κ2) is 5.11. The van der Waals surface area contributed by atoms with Crippen LogP contribution in [0.4, 0.5) is 0 Å². The molecule has 5 N–H and O–H groups in total. The minimum Gasteiger partial charge on any atom is -0.481 e. The number of carboxylic acids is 2. The molecule has 0 aliphatic carbocycles. The molecule has 8 nitrogen and oxygen atoms in total. The Kier molecular flexibility index (Phi) is 4.02. The molecule has 1 fully saturated rings. The van der Waals surface area contributed by atoms with Crippen LogP contribution in [0.5, 0.6) is 0 Å². The van der Waals surface area contributed by atoms with Gasteiger partial charge in [0.1, 0.15) is 6.04 Å². The van der Waals surface area contributed by atoms with E-state index in [0.29, 0.717) is 0 Å². The number of carbonyl (C=O) groups is 3. The van der Waals surface area contributed by atoms with Crippen molar-refractivity contribution in [2.75, 3.05) is 6.54 Å². The highest BCUT2D eigenvalue weighted by atomic mass is 16.4. The van der Waals surface area contributed by atoms with E-state index in [1.54, 1.807) is 0 Å². The van der Waals surface area contributed by atoms with Gasteiger partial charge in [0.2, 0.25) is 5.91 Å². The van der Waals surface area contributed by atoms with E-state index in [0.717, 1.165) is 4.90 Å². The second-order valence-corrected chi connectivity index (χ2v) is 3.94. The Morgan fingerprint density at radius 1 is 1.35 bits per heavy atom. The maximum atomic E-state index is 11.7. The molecule has 8 heteroatoms. The van der Waals surface area contributed by atoms with Crippen LogP contribution in [0.1, 0.15) is 12.8 Å². The second-order valence-electron chi connectivity index (χ2n) is 3.94. The minimum absolute atomic E-state index is 0.0686. The first kappa shape index (κ1) is 13.4. The van der Waals surface area contributed by atoms with Crippen LogP contribution in [0.2, 0.25) is 0 Å². The number of likely N-dealkylation sites (tertiary alicyclic amines) is 1. The Labute approximate surface area is 96.6 Å². The third kappa shape index (κ3) is 3.14. The first-order valence-corrected chi connectivity index (χ1v) is 5.01. The van der Waals surface area contributed by atoms with Crippen LogP contribution in [0, 0.1) is 0 Å². The Morgan fingerprint density at radius 3 is 2.41 bits per heavy atom. The number of aliphatic carboxylic acids is 2. The fourth-order valence-electron chi connectivity index (χ4n) is 1.78. The van der Waals surface area contributed by atoms with Crippen molar-refractivity contribution in [1.82, 2.24) is 4.90 Å². The van der Waals surface area contributed by atoms with E-state index in [9.17, 15) is 19.5 Å². The summed E-state index contributed by atoms with van der Waals surface area (Å²) >= 11 is 0. The number of carbonyl (C=O) groups excluding carboxylic acids is 1. The summed E-state index contributed by atoms with van der Waals surface area (Å²) in [5.74, 6) is -3.24. The molecule has 1 aliphatic heterocycles. The molecule has 0 saturated carbocycles. The number of rotatable bonds is 4. The number of aliphatic hydroxyl groups is 1. The normalized spacial score (nSPS) is 25.6. The molecule has 1 amide bonds. The number of carboxylic acid groups (broad SMARTS) is 2. The molecule has 0 bridgehead atoms. The van der Waals surface area contributed by atoms with E-state index < -0.39 is 42.5 Å². The molecular formula is C9H14N2O6. The van der Waals surface area contributed by atoms with E-state index in [2.05, 4.69) is 0 Å². The lowest BCUT2D eigenvalue weighted by atomic mass is 10.1. The monoisotopic (exact) mass is 246 g/mol. The van der Waals surface area contributed by atoms with Gasteiger partial charge >= 0.3 is 11.9 Å². The summed E-state index contributed by atoms with van der Waals surface area (Å²) in [6.45, 7) is -0.136. The zero-order valence-corrected chi connectivity index (χ0v) is 8.94. The van der Waals surface area contributed by atoms with Gasteiger partial charge < -0.3 is 26.0 Å². The van der Waals surface area contributed by atoms with Gasteiger partial charge in [-0.3, -0.25) is 9.59 Å². The number of nitrogens with zero attached hydrogens (tertiary/aromatic N) is 1. The van der Waals surface area contributed by atoms with Gasteiger partial charge in [0.05, 0.1) is 18.6 Å². The predicted octanol–water partition coefficient (Wildman–Crippen LogP) is -2.17. The molecule has 17 heavy (non-hydrogen) atoms. The summed E-state index contributed by atoms with van der Waals surface area (Å²) in [4.78, 5) is 33.9. The lowest BCUT2D eigenvalue weighted by molar-refractivity contribution is -0.149. The van der Waals surface area contributed by atoms with Gasteiger partial charge in [-0.15, -0.1) is 0 Å². The minimum atomic E-state index is -1.29. The highest BCUT2D eigenvalue weighted by Gasteiger charge is 2.40. The average molecular weight is 246 g/mol. The quantitative estimate of drug-likeness (QED) is 0.442. The van der Waals surface area contributed by atoms with Crippen LogP contribution in [-0.4, -0.2) is 62.8 Å². The highest BCUT2D eigenvalue weighted by molar-refractivity contribution is 5.90. The maximum Gasteiger partial charge on any atom is 0.326 e. The number of hydrogen-bond donors (Lipinski definition) is 4. The number of nitrogens with two attached hydrogens (primary N) is 1. The number of β-amino-alcohol motifs (C(OH)–C–C–N with tert-alkyl or cyclic N) is 1. The van der Waals surface area contributed by atoms with Crippen LogP contribution in [0.15, 0.2) is 0 Å². The summed E-state index contributed by atoms with van der Waals surface area (Å²) in [7, 11) is 0. The third-order valence-electron chi connectivity index (χ3n) is 2.56. The lowest BCUT2D eigenvalue weighted by Crippen LogP contribution is -2.49. The fourth-order valence-corrected chi connectivity index (χ4v) is 1.78. The smallest absolute Gasteiger partial charge is 0.326 e. The molecular weight excluding hydrogens is 232 g/mol. The van der Waals surface area contributed by atoms with E-state index >= 15 is 0 Å². The molecule has 1 heterocycles. The van der Waals surface area contributed by atoms with Crippen molar-refractivity contribution in [3.05, 3.63) is 0 Å². The zero-order chi connectivity index (χ0) is 13.2. The van der Waals surface area contributed by atoms with Crippen molar-refractivity contribution in [2.24, 2.45) is 5.73 Å². The van der Waals surface area contributed by atoms with Gasteiger partial charge in [-0.1, -0.05) is 0 Å². The standard InChI is InChI=1S/C9H14N2O6/c10-5(2-7(13)14)8(15)11-3-4(12)1-6(11)9(16)17/h4-6,12H,1-3,10H2,(H,13,14)(H,16,17)/t4-,5+,6+/m1/s1. The largest absolute Gasteiger partial charge is 0.481 e. The molecule has 96 valence electrons. The van der Waals surface area contributed by atoms with Crippen molar-refractivity contribution in [3.63, 3.8) is 0 Å². The summed E-state index contributed by atoms with van der Waals surface area (Å²) < 4.78 is 0. The maximum absolute atomic E-state index is 11.7. The predicted molar refractivity (Wildman–Crippen MR) is 54.0 cm³/mol. The Morgan fingerprint density at radius 2 is 1.94 bits per heavy atom. The summed E-state index contributed by atoms with van der Waals surface area (Å²) in [5.41, 5.74) is 5.36. The fraction of sp³-hybridized carbons (Fsp3) is 0.667. The van der Waals surface area contributed by atoms with Gasteiger partial charge in [-0.05, 0) is 0 Å². The molecule has 1 aliphatic rings. The van der Waals surface area contributed by atoms with Crippen molar-refractivity contribution in [2.45, 2.75) is 31.0 Å². The van der Waals surface area contributed by atoms with Crippen LogP contribution in [-0.2, 0) is 14.4 Å². The van der Waals surface area contributed by atoms with Crippen molar-refractivity contribution in [3.8, 4) is 0 Å². The van der Waals surface area contributed by atoms with E-state index in [1.165, 1.54) is 0 Å². The average Bonchev–Trinajstić information content (AvgIpc) is 2.58. The zero-order valence-electron chi connectivity index (χ0n) is 8.94. The molecule has 0 aromatic heterocycles. The van der Waals surface area contributed by atoms with Gasteiger partial charge in [-0.25, -0.2) is 4.79 Å². The van der Waals surface area contributed by atoms with Gasteiger partial charge in [0.25, 0.3) is 0 Å². The first-order chi connectivity index (χ1) is 7.82. The van der Waals surface area contributed by atoms with Gasteiger partial charge in [-0.2, -0.15) is 0 Å². The van der Waals surface area contributed by atoms with Crippen LogP contribution >= 0.6 is 0 Å². The SMILES string of the molecule is N[C@@H](CC(=O)O)C(=O)N1C[C@H](O)C[C@H]1C(=O)O. The summed E-state index contributed by atoms with van der Waals surface area (Å²) in [6, 6.07) is -2.43. The lowest BCUT2D eigenvalue weighted by Gasteiger charge is -2.23.